The van der Waals surface area contributed by atoms with Gasteiger partial charge in [-0.25, -0.2) is 4.98 Å². The predicted octanol–water partition coefficient (Wildman–Crippen LogP) is 3.84. The maximum atomic E-state index is 6.02. The van der Waals surface area contributed by atoms with Crippen LogP contribution in [0.3, 0.4) is 0 Å². The summed E-state index contributed by atoms with van der Waals surface area (Å²) in [5, 5.41) is 4.32. The van der Waals surface area contributed by atoms with E-state index in [1.54, 1.807) is 13.3 Å². The van der Waals surface area contributed by atoms with Gasteiger partial charge in [0.05, 0.1) is 25.0 Å². The van der Waals surface area contributed by atoms with Gasteiger partial charge < -0.3 is 10.1 Å². The van der Waals surface area contributed by atoms with Crippen molar-refractivity contribution in [1.82, 2.24) is 4.98 Å². The molecule has 1 aromatic heterocycles. The fourth-order valence-corrected chi connectivity index (χ4v) is 2.72. The largest absolute Gasteiger partial charge is 0.481 e. The summed E-state index contributed by atoms with van der Waals surface area (Å²) in [6, 6.07) is 10.3. The average molecular weight is 275 g/mol. The number of aryl methyl sites for hydroxylation is 1. The lowest BCUT2D eigenvalue weighted by molar-refractivity contribution is 0.398. The molecule has 0 aliphatic heterocycles. The van der Waals surface area contributed by atoms with E-state index < -0.39 is 0 Å². The van der Waals surface area contributed by atoms with Gasteiger partial charge in [-0.1, -0.05) is 17.7 Å². The highest BCUT2D eigenvalue weighted by Gasteiger charge is 2.22. The van der Waals surface area contributed by atoms with Crippen LogP contribution in [0.2, 0.25) is 5.02 Å². The zero-order valence-corrected chi connectivity index (χ0v) is 11.4. The third-order valence-corrected chi connectivity index (χ3v) is 3.70. The molecule has 1 N–H and O–H groups in total. The molecule has 1 heterocycles. The Morgan fingerprint density at radius 2 is 2.21 bits per heavy atom. The molecule has 0 saturated heterocycles. The van der Waals surface area contributed by atoms with Crippen LogP contribution in [-0.4, -0.2) is 12.1 Å². The van der Waals surface area contributed by atoms with E-state index in [9.17, 15) is 0 Å². The van der Waals surface area contributed by atoms with Gasteiger partial charge in [0, 0.05) is 11.1 Å². The summed E-state index contributed by atoms with van der Waals surface area (Å²) in [4.78, 5) is 4.20. The molecule has 0 bridgehead atoms. The van der Waals surface area contributed by atoms with Gasteiger partial charge in [0.25, 0.3) is 0 Å². The predicted molar refractivity (Wildman–Crippen MR) is 76.9 cm³/mol. The highest BCUT2D eigenvalue weighted by Crippen LogP contribution is 2.35. The second-order valence-corrected chi connectivity index (χ2v) is 5.10. The molecule has 98 valence electrons. The SMILES string of the molecule is COc1ccc(NC2CCc3cc(Cl)ccc32)cn1. The van der Waals surface area contributed by atoms with E-state index in [2.05, 4.69) is 22.4 Å². The van der Waals surface area contributed by atoms with Crippen molar-refractivity contribution in [2.24, 2.45) is 0 Å². The molecule has 0 fully saturated rings. The lowest BCUT2D eigenvalue weighted by Gasteiger charge is -2.15. The molecule has 1 aliphatic carbocycles. The van der Waals surface area contributed by atoms with Gasteiger partial charge in [0.15, 0.2) is 0 Å². The highest BCUT2D eigenvalue weighted by atomic mass is 35.5. The minimum absolute atomic E-state index is 0.336. The molecule has 1 aromatic carbocycles. The lowest BCUT2D eigenvalue weighted by Crippen LogP contribution is -2.07. The Hall–Kier alpha value is -1.74. The van der Waals surface area contributed by atoms with Crippen LogP contribution in [-0.2, 0) is 6.42 Å². The number of halogens is 1. The molecule has 3 rings (SSSR count). The van der Waals surface area contributed by atoms with Crippen LogP contribution in [0.15, 0.2) is 36.5 Å². The van der Waals surface area contributed by atoms with Crippen molar-refractivity contribution in [2.45, 2.75) is 18.9 Å². The monoisotopic (exact) mass is 274 g/mol. The van der Waals surface area contributed by atoms with Crippen LogP contribution < -0.4 is 10.1 Å². The van der Waals surface area contributed by atoms with Crippen LogP contribution in [0.1, 0.15) is 23.6 Å². The van der Waals surface area contributed by atoms with Crippen molar-refractivity contribution in [3.63, 3.8) is 0 Å². The summed E-state index contributed by atoms with van der Waals surface area (Å²) in [7, 11) is 1.62. The van der Waals surface area contributed by atoms with Crippen molar-refractivity contribution in [3.8, 4) is 5.88 Å². The molecule has 0 radical (unpaired) electrons. The van der Waals surface area contributed by atoms with Crippen LogP contribution in [0.5, 0.6) is 5.88 Å². The van der Waals surface area contributed by atoms with Crippen LogP contribution in [0.4, 0.5) is 5.69 Å². The molecule has 0 saturated carbocycles. The molecule has 4 heteroatoms. The van der Waals surface area contributed by atoms with Crippen molar-refractivity contribution >= 4 is 17.3 Å². The summed E-state index contributed by atoms with van der Waals surface area (Å²) >= 11 is 6.02. The Bertz CT molecular complexity index is 583. The summed E-state index contributed by atoms with van der Waals surface area (Å²) in [6.45, 7) is 0. The number of rotatable bonds is 3. The second-order valence-electron chi connectivity index (χ2n) is 4.67. The van der Waals surface area contributed by atoms with Gasteiger partial charge in [-0.15, -0.1) is 0 Å². The van der Waals surface area contributed by atoms with Gasteiger partial charge in [-0.2, -0.15) is 0 Å². The Labute approximate surface area is 117 Å². The van der Waals surface area contributed by atoms with E-state index in [0.717, 1.165) is 23.6 Å². The van der Waals surface area contributed by atoms with Crippen LogP contribution >= 0.6 is 11.6 Å². The molecule has 0 amide bonds. The number of pyridine rings is 1. The number of benzene rings is 1. The molecular weight excluding hydrogens is 260 g/mol. The molecule has 1 atom stereocenters. The van der Waals surface area contributed by atoms with Crippen molar-refractivity contribution in [3.05, 3.63) is 52.7 Å². The van der Waals surface area contributed by atoms with Gasteiger partial charge >= 0.3 is 0 Å². The Balaban J connectivity index is 1.78. The third-order valence-electron chi connectivity index (χ3n) is 3.47. The number of nitrogens with zero attached hydrogens (tertiary/aromatic N) is 1. The maximum absolute atomic E-state index is 6.02. The summed E-state index contributed by atoms with van der Waals surface area (Å²) in [5.41, 5.74) is 3.68. The molecule has 1 unspecified atom stereocenters. The van der Waals surface area contributed by atoms with Crippen molar-refractivity contribution < 1.29 is 4.74 Å². The first kappa shape index (κ1) is 12.3. The average Bonchev–Trinajstić information content (AvgIpc) is 2.82. The standard InChI is InChI=1S/C15H15ClN2O/c1-19-15-7-4-12(9-17-15)18-14-6-2-10-8-11(16)3-5-13(10)14/h3-5,7-9,14,18H,2,6H2,1H3. The van der Waals surface area contributed by atoms with Gasteiger partial charge in [0.1, 0.15) is 0 Å². The summed E-state index contributed by atoms with van der Waals surface area (Å²) < 4.78 is 5.06. The summed E-state index contributed by atoms with van der Waals surface area (Å²) in [6.07, 6.45) is 3.95. The van der Waals surface area contributed by atoms with E-state index in [1.165, 1.54) is 11.1 Å². The van der Waals surface area contributed by atoms with E-state index in [1.807, 2.05) is 18.2 Å². The highest BCUT2D eigenvalue weighted by molar-refractivity contribution is 6.30. The first-order valence-corrected chi connectivity index (χ1v) is 6.69. The summed E-state index contributed by atoms with van der Waals surface area (Å²) in [5.74, 6) is 0.629. The normalized spacial score (nSPS) is 17.1. The minimum atomic E-state index is 0.336. The molecule has 3 nitrogen and oxygen atoms in total. The number of hydrogen-bond donors (Lipinski definition) is 1. The topological polar surface area (TPSA) is 34.1 Å². The lowest BCUT2D eigenvalue weighted by atomic mass is 10.1. The fraction of sp³-hybridized carbons (Fsp3) is 0.267. The third kappa shape index (κ3) is 2.51. The zero-order valence-electron chi connectivity index (χ0n) is 10.7. The maximum Gasteiger partial charge on any atom is 0.213 e. The smallest absolute Gasteiger partial charge is 0.213 e. The van der Waals surface area contributed by atoms with Crippen molar-refractivity contribution in [1.29, 1.82) is 0 Å². The van der Waals surface area contributed by atoms with Crippen molar-refractivity contribution in [2.75, 3.05) is 12.4 Å². The number of ether oxygens (including phenoxy) is 1. The number of nitrogens with one attached hydrogen (secondary N) is 1. The van der Waals surface area contributed by atoms with Gasteiger partial charge in [-0.05, 0) is 42.2 Å². The second kappa shape index (κ2) is 5.10. The fourth-order valence-electron chi connectivity index (χ4n) is 2.52. The number of anilines is 1. The van der Waals surface area contributed by atoms with Crippen LogP contribution in [0, 0.1) is 0 Å². The zero-order chi connectivity index (χ0) is 13.2. The Kier molecular flexibility index (Phi) is 3.30. The molecular formula is C15H15ClN2O. The van der Waals surface area contributed by atoms with E-state index in [-0.39, 0.29) is 0 Å². The van der Waals surface area contributed by atoms with Gasteiger partial charge in [-0.3, -0.25) is 0 Å². The van der Waals surface area contributed by atoms with E-state index in [4.69, 9.17) is 16.3 Å². The number of fused-ring (bicyclic) bond motifs is 1. The number of aromatic nitrogens is 1. The quantitative estimate of drug-likeness (QED) is 0.923. The first-order valence-electron chi connectivity index (χ1n) is 6.31. The van der Waals surface area contributed by atoms with E-state index in [0.29, 0.717) is 11.9 Å². The van der Waals surface area contributed by atoms with E-state index >= 15 is 0 Å². The van der Waals surface area contributed by atoms with Gasteiger partial charge in [0.2, 0.25) is 5.88 Å². The first-order chi connectivity index (χ1) is 9.26. The molecule has 1 aliphatic rings. The molecule has 2 aromatic rings. The molecule has 0 spiro atoms. The minimum Gasteiger partial charge on any atom is -0.481 e. The number of hydrogen-bond acceptors (Lipinski definition) is 3. The van der Waals surface area contributed by atoms with Crippen LogP contribution in [0.25, 0.3) is 0 Å². The Morgan fingerprint density at radius 3 is 2.95 bits per heavy atom. The Morgan fingerprint density at radius 1 is 1.32 bits per heavy atom. The number of methoxy groups -OCH3 is 1. The molecule has 19 heavy (non-hydrogen) atoms.